The second-order valence-corrected chi connectivity index (χ2v) is 3.50. The minimum atomic E-state index is -0.191. The summed E-state index contributed by atoms with van der Waals surface area (Å²) in [6.07, 6.45) is 5.63. The molecule has 0 aliphatic rings. The third-order valence-corrected chi connectivity index (χ3v) is 2.09. The second-order valence-electron chi connectivity index (χ2n) is 3.50. The Balaban J connectivity index is 3.05. The van der Waals surface area contributed by atoms with Gasteiger partial charge in [-0.2, -0.15) is 0 Å². The lowest BCUT2D eigenvalue weighted by atomic mass is 10.1. The third-order valence-electron chi connectivity index (χ3n) is 2.09. The highest BCUT2D eigenvalue weighted by atomic mass is 16.3. The summed E-state index contributed by atoms with van der Waals surface area (Å²) in [5, 5.41) is 12.6. The van der Waals surface area contributed by atoms with Gasteiger partial charge < -0.3 is 16.2 Å². The molecule has 80 valence electrons. The first kappa shape index (κ1) is 12.9. The van der Waals surface area contributed by atoms with E-state index in [2.05, 4.69) is 12.2 Å². The second kappa shape index (κ2) is 9.96. The highest BCUT2D eigenvalue weighted by Crippen LogP contribution is 2.04. The first-order valence-electron chi connectivity index (χ1n) is 5.40. The molecule has 0 aliphatic heterocycles. The van der Waals surface area contributed by atoms with E-state index in [0.717, 1.165) is 19.4 Å². The van der Waals surface area contributed by atoms with Crippen molar-refractivity contribution in [2.75, 3.05) is 19.6 Å². The average Bonchev–Trinajstić information content (AvgIpc) is 2.13. The molecule has 0 aromatic heterocycles. The molecular formula is C10H24N2O. The van der Waals surface area contributed by atoms with Gasteiger partial charge in [0.15, 0.2) is 0 Å². The SMILES string of the molecule is CCCCCCC(O)CNCCN. The zero-order chi connectivity index (χ0) is 9.94. The molecule has 0 spiro atoms. The molecule has 13 heavy (non-hydrogen) atoms. The summed E-state index contributed by atoms with van der Waals surface area (Å²) in [5.74, 6) is 0. The molecule has 0 aromatic rings. The zero-order valence-electron chi connectivity index (χ0n) is 8.76. The largest absolute Gasteiger partial charge is 0.392 e. The van der Waals surface area contributed by atoms with Crippen molar-refractivity contribution < 1.29 is 5.11 Å². The van der Waals surface area contributed by atoms with Crippen molar-refractivity contribution in [1.29, 1.82) is 0 Å². The number of nitrogens with two attached hydrogens (primary N) is 1. The molecule has 0 bridgehead atoms. The molecule has 0 rings (SSSR count). The Kier molecular flexibility index (Phi) is 9.87. The van der Waals surface area contributed by atoms with Gasteiger partial charge in [-0.3, -0.25) is 0 Å². The van der Waals surface area contributed by atoms with Crippen LogP contribution in [-0.4, -0.2) is 30.8 Å². The van der Waals surface area contributed by atoms with Gasteiger partial charge in [-0.1, -0.05) is 32.6 Å². The molecule has 1 atom stereocenters. The fourth-order valence-electron chi connectivity index (χ4n) is 1.28. The van der Waals surface area contributed by atoms with Crippen LogP contribution in [0, 0.1) is 0 Å². The van der Waals surface area contributed by atoms with Gasteiger partial charge in [-0.05, 0) is 6.42 Å². The van der Waals surface area contributed by atoms with Gasteiger partial charge in [-0.25, -0.2) is 0 Å². The van der Waals surface area contributed by atoms with Crippen molar-refractivity contribution in [3.05, 3.63) is 0 Å². The summed E-state index contributed by atoms with van der Waals surface area (Å²) in [6, 6.07) is 0. The Morgan fingerprint density at radius 1 is 1.31 bits per heavy atom. The first-order chi connectivity index (χ1) is 6.31. The van der Waals surface area contributed by atoms with Gasteiger partial charge in [0, 0.05) is 19.6 Å². The van der Waals surface area contributed by atoms with Crippen LogP contribution in [0.5, 0.6) is 0 Å². The number of unbranched alkanes of at least 4 members (excludes halogenated alkanes) is 3. The van der Waals surface area contributed by atoms with Gasteiger partial charge in [0.2, 0.25) is 0 Å². The lowest BCUT2D eigenvalue weighted by Crippen LogP contribution is -2.30. The van der Waals surface area contributed by atoms with Crippen molar-refractivity contribution in [3.63, 3.8) is 0 Å². The Morgan fingerprint density at radius 3 is 2.69 bits per heavy atom. The van der Waals surface area contributed by atoms with Crippen LogP contribution in [0.25, 0.3) is 0 Å². The maximum absolute atomic E-state index is 9.47. The number of rotatable bonds is 9. The Labute approximate surface area is 81.7 Å². The van der Waals surface area contributed by atoms with Crippen molar-refractivity contribution in [1.82, 2.24) is 5.32 Å². The van der Waals surface area contributed by atoms with Gasteiger partial charge in [0.1, 0.15) is 0 Å². The minimum absolute atomic E-state index is 0.191. The summed E-state index contributed by atoms with van der Waals surface area (Å²) >= 11 is 0. The molecule has 0 amide bonds. The van der Waals surface area contributed by atoms with E-state index in [1.807, 2.05) is 0 Å². The monoisotopic (exact) mass is 188 g/mol. The van der Waals surface area contributed by atoms with E-state index in [9.17, 15) is 5.11 Å². The van der Waals surface area contributed by atoms with Crippen LogP contribution in [0.1, 0.15) is 39.0 Å². The van der Waals surface area contributed by atoms with Crippen molar-refractivity contribution in [3.8, 4) is 0 Å². The molecule has 3 nitrogen and oxygen atoms in total. The summed E-state index contributed by atoms with van der Waals surface area (Å²) in [4.78, 5) is 0. The average molecular weight is 188 g/mol. The topological polar surface area (TPSA) is 58.3 Å². The quantitative estimate of drug-likeness (QED) is 0.470. The molecular weight excluding hydrogens is 164 g/mol. The third kappa shape index (κ3) is 9.80. The molecule has 0 saturated heterocycles. The maximum atomic E-state index is 9.47. The Bertz CT molecular complexity index is 98.9. The molecule has 0 heterocycles. The zero-order valence-corrected chi connectivity index (χ0v) is 8.76. The van der Waals surface area contributed by atoms with Crippen molar-refractivity contribution in [2.45, 2.75) is 45.1 Å². The molecule has 1 unspecified atom stereocenters. The number of nitrogens with one attached hydrogen (secondary N) is 1. The van der Waals surface area contributed by atoms with E-state index in [1.54, 1.807) is 0 Å². The maximum Gasteiger partial charge on any atom is 0.0664 e. The minimum Gasteiger partial charge on any atom is -0.392 e. The van der Waals surface area contributed by atoms with Gasteiger partial charge >= 0.3 is 0 Å². The van der Waals surface area contributed by atoms with Gasteiger partial charge in [-0.15, -0.1) is 0 Å². The molecule has 0 radical (unpaired) electrons. The van der Waals surface area contributed by atoms with Crippen molar-refractivity contribution >= 4 is 0 Å². The first-order valence-corrected chi connectivity index (χ1v) is 5.40. The lowest BCUT2D eigenvalue weighted by Gasteiger charge is -2.10. The van der Waals surface area contributed by atoms with E-state index < -0.39 is 0 Å². The molecule has 0 fully saturated rings. The molecule has 0 aromatic carbocycles. The van der Waals surface area contributed by atoms with E-state index in [1.165, 1.54) is 19.3 Å². The van der Waals surface area contributed by atoms with Crippen molar-refractivity contribution in [2.24, 2.45) is 5.73 Å². The Hall–Kier alpha value is -0.120. The Morgan fingerprint density at radius 2 is 2.08 bits per heavy atom. The molecule has 4 N–H and O–H groups in total. The lowest BCUT2D eigenvalue weighted by molar-refractivity contribution is 0.158. The van der Waals surface area contributed by atoms with Gasteiger partial charge in [0.25, 0.3) is 0 Å². The predicted octanol–water partition coefficient (Wildman–Crippen LogP) is 0.866. The highest BCUT2D eigenvalue weighted by Gasteiger charge is 2.01. The fourth-order valence-corrected chi connectivity index (χ4v) is 1.28. The van der Waals surface area contributed by atoms with Gasteiger partial charge in [0.05, 0.1) is 6.10 Å². The highest BCUT2D eigenvalue weighted by molar-refractivity contribution is 4.59. The number of aliphatic hydroxyl groups is 1. The van der Waals surface area contributed by atoms with Crippen LogP contribution >= 0.6 is 0 Å². The van der Waals surface area contributed by atoms with Crippen LogP contribution in [0.15, 0.2) is 0 Å². The predicted molar refractivity (Wildman–Crippen MR) is 56.7 cm³/mol. The van der Waals surface area contributed by atoms with E-state index in [0.29, 0.717) is 13.1 Å². The van der Waals surface area contributed by atoms with Crippen LogP contribution in [0.4, 0.5) is 0 Å². The van der Waals surface area contributed by atoms with Crippen LogP contribution < -0.4 is 11.1 Å². The molecule has 0 saturated carbocycles. The van der Waals surface area contributed by atoms with Crippen LogP contribution in [0.2, 0.25) is 0 Å². The summed E-state index contributed by atoms with van der Waals surface area (Å²) in [7, 11) is 0. The van der Waals surface area contributed by atoms with Crippen LogP contribution in [0.3, 0.4) is 0 Å². The van der Waals surface area contributed by atoms with E-state index in [4.69, 9.17) is 5.73 Å². The van der Waals surface area contributed by atoms with E-state index in [-0.39, 0.29) is 6.10 Å². The summed E-state index contributed by atoms with van der Waals surface area (Å²) in [5.41, 5.74) is 5.31. The smallest absolute Gasteiger partial charge is 0.0664 e. The summed E-state index contributed by atoms with van der Waals surface area (Å²) < 4.78 is 0. The standard InChI is InChI=1S/C10H24N2O/c1-2-3-4-5-6-10(13)9-12-8-7-11/h10,12-13H,2-9,11H2,1H3. The number of hydrogen-bond donors (Lipinski definition) is 3. The number of aliphatic hydroxyl groups excluding tert-OH is 1. The van der Waals surface area contributed by atoms with E-state index >= 15 is 0 Å². The summed E-state index contributed by atoms with van der Waals surface area (Å²) in [6.45, 7) is 4.32. The van der Waals surface area contributed by atoms with Crippen LogP contribution in [-0.2, 0) is 0 Å². The number of hydrogen-bond acceptors (Lipinski definition) is 3. The normalized spacial score (nSPS) is 13.2. The molecule has 0 aliphatic carbocycles. The molecule has 3 heteroatoms. The fraction of sp³-hybridized carbons (Fsp3) is 1.00.